The van der Waals surface area contributed by atoms with Crippen molar-refractivity contribution in [3.05, 3.63) is 59.7 Å². The van der Waals surface area contributed by atoms with Gasteiger partial charge >= 0.3 is 0 Å². The van der Waals surface area contributed by atoms with E-state index in [9.17, 15) is 13.2 Å². The number of Topliss-reactive ketones (excluding diaryl/α,β-unsaturated/α-hetero) is 1. The molecule has 0 radical (unpaired) electrons. The molecule has 1 N–H and O–H groups in total. The number of anilines is 1. The molecule has 2 aromatic rings. The molecule has 1 saturated heterocycles. The van der Waals surface area contributed by atoms with E-state index in [-0.39, 0.29) is 17.2 Å². The van der Waals surface area contributed by atoms with Crippen LogP contribution < -0.4 is 9.62 Å². The van der Waals surface area contributed by atoms with Crippen LogP contribution in [0, 0.1) is 0 Å². The molecule has 0 atom stereocenters. The van der Waals surface area contributed by atoms with Gasteiger partial charge in [0.15, 0.2) is 5.78 Å². The molecule has 1 aliphatic rings. The van der Waals surface area contributed by atoms with E-state index in [2.05, 4.69) is 9.62 Å². The molecule has 0 aromatic heterocycles. The van der Waals surface area contributed by atoms with E-state index in [1.165, 1.54) is 31.2 Å². The topological polar surface area (TPSA) is 75.7 Å². The largest absolute Gasteiger partial charge is 0.378 e. The number of carbonyl (C=O) groups is 1. The molecule has 1 heterocycles. The van der Waals surface area contributed by atoms with Gasteiger partial charge in [-0.2, -0.15) is 0 Å². The lowest BCUT2D eigenvalue weighted by atomic mass is 10.2. The SMILES string of the molecule is CC(=O)c1ccc(S(=O)(=O)NCc2ccc(N3CCOCC3)cc2)cc1. The van der Waals surface area contributed by atoms with Crippen molar-refractivity contribution in [3.63, 3.8) is 0 Å². The smallest absolute Gasteiger partial charge is 0.240 e. The second-order valence-corrected chi connectivity index (χ2v) is 7.94. The van der Waals surface area contributed by atoms with Crippen LogP contribution in [-0.4, -0.2) is 40.5 Å². The van der Waals surface area contributed by atoms with Gasteiger partial charge in [-0.1, -0.05) is 24.3 Å². The Balaban J connectivity index is 1.62. The van der Waals surface area contributed by atoms with E-state index in [1.54, 1.807) is 0 Å². The number of sulfonamides is 1. The number of ketones is 1. The maximum Gasteiger partial charge on any atom is 0.240 e. The molecule has 1 fully saturated rings. The summed E-state index contributed by atoms with van der Waals surface area (Å²) in [6.07, 6.45) is 0. The van der Waals surface area contributed by atoms with Gasteiger partial charge in [0.2, 0.25) is 10.0 Å². The number of hydrogen-bond donors (Lipinski definition) is 1. The van der Waals surface area contributed by atoms with E-state index >= 15 is 0 Å². The summed E-state index contributed by atoms with van der Waals surface area (Å²) < 4.78 is 32.7. The Morgan fingerprint density at radius 2 is 1.65 bits per heavy atom. The highest BCUT2D eigenvalue weighted by molar-refractivity contribution is 7.89. The van der Waals surface area contributed by atoms with Gasteiger partial charge in [-0.3, -0.25) is 4.79 Å². The van der Waals surface area contributed by atoms with Crippen molar-refractivity contribution in [2.24, 2.45) is 0 Å². The van der Waals surface area contributed by atoms with Crippen LogP contribution in [0.4, 0.5) is 5.69 Å². The van der Waals surface area contributed by atoms with Gasteiger partial charge < -0.3 is 9.64 Å². The van der Waals surface area contributed by atoms with E-state index in [4.69, 9.17) is 4.74 Å². The maximum absolute atomic E-state index is 12.4. The number of morpholine rings is 1. The zero-order chi connectivity index (χ0) is 18.6. The molecule has 0 bridgehead atoms. The normalized spacial score (nSPS) is 15.0. The summed E-state index contributed by atoms with van der Waals surface area (Å²) in [6, 6.07) is 13.8. The molecular weight excluding hydrogens is 352 g/mol. The van der Waals surface area contributed by atoms with Crippen LogP contribution in [0.5, 0.6) is 0 Å². The number of carbonyl (C=O) groups excluding carboxylic acids is 1. The molecule has 3 rings (SSSR count). The standard InChI is InChI=1S/C19H22N2O4S/c1-15(22)17-4-8-19(9-5-17)26(23,24)20-14-16-2-6-18(7-3-16)21-10-12-25-13-11-21/h2-9,20H,10-14H2,1H3. The quantitative estimate of drug-likeness (QED) is 0.785. The van der Waals surface area contributed by atoms with Crippen molar-refractivity contribution >= 4 is 21.5 Å². The highest BCUT2D eigenvalue weighted by Crippen LogP contribution is 2.17. The van der Waals surface area contributed by atoms with Crippen LogP contribution in [0.25, 0.3) is 0 Å². The fourth-order valence-electron chi connectivity index (χ4n) is 2.78. The number of nitrogens with zero attached hydrogens (tertiary/aromatic N) is 1. The minimum atomic E-state index is -3.62. The van der Waals surface area contributed by atoms with Crippen LogP contribution >= 0.6 is 0 Å². The van der Waals surface area contributed by atoms with Gasteiger partial charge in [0.25, 0.3) is 0 Å². The lowest BCUT2D eigenvalue weighted by Gasteiger charge is -2.28. The van der Waals surface area contributed by atoms with E-state index in [1.807, 2.05) is 24.3 Å². The van der Waals surface area contributed by atoms with Crippen molar-refractivity contribution in [2.45, 2.75) is 18.4 Å². The zero-order valence-electron chi connectivity index (χ0n) is 14.6. The predicted molar refractivity (Wildman–Crippen MR) is 99.9 cm³/mol. The first kappa shape index (κ1) is 18.6. The number of nitrogens with one attached hydrogen (secondary N) is 1. The Morgan fingerprint density at radius 1 is 1.04 bits per heavy atom. The van der Waals surface area contributed by atoms with Crippen LogP contribution in [0.2, 0.25) is 0 Å². The third-order valence-electron chi connectivity index (χ3n) is 4.35. The molecule has 0 spiro atoms. The summed E-state index contributed by atoms with van der Waals surface area (Å²) in [5.74, 6) is -0.0951. The number of ether oxygens (including phenoxy) is 1. The number of rotatable bonds is 6. The molecule has 1 aliphatic heterocycles. The molecule has 6 nitrogen and oxygen atoms in total. The van der Waals surface area contributed by atoms with Crippen LogP contribution in [0.3, 0.4) is 0 Å². The molecular formula is C19H22N2O4S. The summed E-state index contributed by atoms with van der Waals surface area (Å²) in [5.41, 5.74) is 2.48. The van der Waals surface area contributed by atoms with Gasteiger partial charge in [-0.25, -0.2) is 13.1 Å². The third kappa shape index (κ3) is 4.49. The average molecular weight is 374 g/mol. The van der Waals surface area contributed by atoms with Crippen LogP contribution in [0.15, 0.2) is 53.4 Å². The first-order valence-electron chi connectivity index (χ1n) is 8.48. The lowest BCUT2D eigenvalue weighted by Crippen LogP contribution is -2.36. The maximum atomic E-state index is 12.4. The van der Waals surface area contributed by atoms with Crippen LogP contribution in [0.1, 0.15) is 22.8 Å². The van der Waals surface area contributed by atoms with Gasteiger partial charge in [-0.05, 0) is 36.8 Å². The van der Waals surface area contributed by atoms with Crippen molar-refractivity contribution in [1.82, 2.24) is 4.72 Å². The number of hydrogen-bond acceptors (Lipinski definition) is 5. The average Bonchev–Trinajstić information content (AvgIpc) is 2.67. The van der Waals surface area contributed by atoms with Crippen molar-refractivity contribution in [2.75, 3.05) is 31.2 Å². The Labute approximate surface area is 153 Å². The summed E-state index contributed by atoms with van der Waals surface area (Å²) in [5, 5.41) is 0. The summed E-state index contributed by atoms with van der Waals surface area (Å²) in [6.45, 7) is 4.83. The minimum absolute atomic E-state index is 0.0951. The van der Waals surface area contributed by atoms with Gasteiger partial charge in [0.1, 0.15) is 0 Å². The van der Waals surface area contributed by atoms with Gasteiger partial charge in [-0.15, -0.1) is 0 Å². The Hall–Kier alpha value is -2.22. The highest BCUT2D eigenvalue weighted by Gasteiger charge is 2.15. The molecule has 26 heavy (non-hydrogen) atoms. The monoisotopic (exact) mass is 374 g/mol. The highest BCUT2D eigenvalue weighted by atomic mass is 32.2. The zero-order valence-corrected chi connectivity index (χ0v) is 15.5. The van der Waals surface area contributed by atoms with Gasteiger partial charge in [0.05, 0.1) is 18.1 Å². The first-order valence-corrected chi connectivity index (χ1v) is 9.96. The number of benzene rings is 2. The predicted octanol–water partition coefficient (Wildman–Crippen LogP) is 2.20. The Kier molecular flexibility index (Phi) is 5.70. The lowest BCUT2D eigenvalue weighted by molar-refractivity contribution is 0.101. The van der Waals surface area contributed by atoms with Crippen LogP contribution in [-0.2, 0) is 21.3 Å². The van der Waals surface area contributed by atoms with Gasteiger partial charge in [0, 0.05) is 30.9 Å². The Morgan fingerprint density at radius 3 is 2.23 bits per heavy atom. The van der Waals surface area contributed by atoms with E-state index in [0.29, 0.717) is 5.56 Å². The second-order valence-electron chi connectivity index (χ2n) is 6.17. The van der Waals surface area contributed by atoms with Crippen molar-refractivity contribution < 1.29 is 17.9 Å². The summed E-state index contributed by atoms with van der Waals surface area (Å²) in [4.78, 5) is 13.7. The van der Waals surface area contributed by atoms with E-state index < -0.39 is 10.0 Å². The molecule has 2 aromatic carbocycles. The molecule has 0 amide bonds. The summed E-state index contributed by atoms with van der Waals surface area (Å²) in [7, 11) is -3.62. The molecule has 0 aliphatic carbocycles. The van der Waals surface area contributed by atoms with Crippen molar-refractivity contribution in [3.8, 4) is 0 Å². The molecule has 7 heteroatoms. The Bertz CT molecular complexity index is 855. The second kappa shape index (κ2) is 7.99. The molecule has 138 valence electrons. The first-order chi connectivity index (χ1) is 12.5. The third-order valence-corrected chi connectivity index (χ3v) is 5.77. The minimum Gasteiger partial charge on any atom is -0.378 e. The fourth-order valence-corrected chi connectivity index (χ4v) is 3.79. The van der Waals surface area contributed by atoms with Crippen molar-refractivity contribution in [1.29, 1.82) is 0 Å². The fraction of sp³-hybridized carbons (Fsp3) is 0.316. The summed E-state index contributed by atoms with van der Waals surface area (Å²) >= 11 is 0. The molecule has 0 unspecified atom stereocenters. The van der Waals surface area contributed by atoms with E-state index in [0.717, 1.165) is 37.6 Å². The molecule has 0 saturated carbocycles.